The summed E-state index contributed by atoms with van der Waals surface area (Å²) in [4.78, 5) is 11.2. The van der Waals surface area contributed by atoms with Crippen LogP contribution in [0.25, 0.3) is 0 Å². The van der Waals surface area contributed by atoms with Crippen molar-refractivity contribution in [1.82, 2.24) is 10.6 Å². The minimum atomic E-state index is 0.129. The maximum atomic E-state index is 11.2. The molecule has 0 aliphatic heterocycles. The fraction of sp³-hybridized carbons (Fsp3) is 0.900. The molecule has 1 atom stereocenters. The lowest BCUT2D eigenvalue weighted by Crippen LogP contribution is -2.35. The fourth-order valence-electron chi connectivity index (χ4n) is 1.14. The van der Waals surface area contributed by atoms with E-state index >= 15 is 0 Å². The second-order valence-corrected chi connectivity index (χ2v) is 4.69. The molecule has 4 heteroatoms. The van der Waals surface area contributed by atoms with Crippen LogP contribution in [-0.2, 0) is 4.79 Å². The average Bonchev–Trinajstić information content (AvgIpc) is 2.02. The molecule has 14 heavy (non-hydrogen) atoms. The molecule has 2 N–H and O–H groups in total. The summed E-state index contributed by atoms with van der Waals surface area (Å²) in [5, 5.41) is 6.17. The number of amides is 1. The molecule has 0 aliphatic rings. The summed E-state index contributed by atoms with van der Waals surface area (Å²) in [7, 11) is 0. The van der Waals surface area contributed by atoms with Crippen LogP contribution in [0.1, 0.15) is 27.2 Å². The predicted molar refractivity (Wildman–Crippen MR) is 63.7 cm³/mol. The van der Waals surface area contributed by atoms with Crippen molar-refractivity contribution in [2.75, 3.05) is 18.6 Å². The van der Waals surface area contributed by atoms with Gasteiger partial charge < -0.3 is 10.6 Å². The number of rotatable bonds is 7. The Balaban J connectivity index is 3.39. The first-order chi connectivity index (χ1) is 6.56. The molecule has 3 nitrogen and oxygen atoms in total. The quantitative estimate of drug-likeness (QED) is 0.675. The van der Waals surface area contributed by atoms with Crippen molar-refractivity contribution >= 4 is 17.7 Å². The van der Waals surface area contributed by atoms with Gasteiger partial charge in [0, 0.05) is 30.8 Å². The summed E-state index contributed by atoms with van der Waals surface area (Å²) in [6.45, 7) is 6.85. The van der Waals surface area contributed by atoms with E-state index in [1.54, 1.807) is 0 Å². The van der Waals surface area contributed by atoms with Crippen molar-refractivity contribution in [3.8, 4) is 0 Å². The summed E-state index contributed by atoms with van der Waals surface area (Å²) < 4.78 is 0. The van der Waals surface area contributed by atoms with E-state index in [-0.39, 0.29) is 11.9 Å². The SMILES string of the molecule is CSCC(C)NCCC(=O)NC(C)C. The molecule has 84 valence electrons. The highest BCUT2D eigenvalue weighted by Crippen LogP contribution is 1.95. The maximum Gasteiger partial charge on any atom is 0.221 e. The van der Waals surface area contributed by atoms with Crippen LogP contribution in [0.15, 0.2) is 0 Å². The van der Waals surface area contributed by atoms with Crippen molar-refractivity contribution < 1.29 is 4.79 Å². The lowest BCUT2D eigenvalue weighted by Gasteiger charge is -2.12. The molecule has 0 aliphatic carbocycles. The van der Waals surface area contributed by atoms with Gasteiger partial charge in [0.15, 0.2) is 0 Å². The highest BCUT2D eigenvalue weighted by molar-refractivity contribution is 7.98. The van der Waals surface area contributed by atoms with E-state index in [0.29, 0.717) is 12.5 Å². The van der Waals surface area contributed by atoms with Gasteiger partial charge in [0.25, 0.3) is 0 Å². The molecular formula is C10H22N2OS. The van der Waals surface area contributed by atoms with Gasteiger partial charge in [0.2, 0.25) is 5.91 Å². The largest absolute Gasteiger partial charge is 0.354 e. The molecule has 0 aromatic carbocycles. The number of carbonyl (C=O) groups is 1. The summed E-state index contributed by atoms with van der Waals surface area (Å²) in [6.07, 6.45) is 2.65. The van der Waals surface area contributed by atoms with E-state index in [1.165, 1.54) is 0 Å². The van der Waals surface area contributed by atoms with Gasteiger partial charge >= 0.3 is 0 Å². The third-order valence-corrected chi connectivity index (χ3v) is 2.54. The number of nitrogens with one attached hydrogen (secondary N) is 2. The van der Waals surface area contributed by atoms with E-state index in [2.05, 4.69) is 23.8 Å². The molecule has 0 radical (unpaired) electrons. The Morgan fingerprint density at radius 2 is 2.00 bits per heavy atom. The lowest BCUT2D eigenvalue weighted by molar-refractivity contribution is -0.121. The average molecular weight is 218 g/mol. The van der Waals surface area contributed by atoms with E-state index < -0.39 is 0 Å². The molecule has 0 rings (SSSR count). The Labute approximate surface area is 91.4 Å². The number of hydrogen-bond donors (Lipinski definition) is 2. The van der Waals surface area contributed by atoms with E-state index in [4.69, 9.17) is 0 Å². The highest BCUT2D eigenvalue weighted by Gasteiger charge is 2.04. The lowest BCUT2D eigenvalue weighted by atomic mass is 10.3. The van der Waals surface area contributed by atoms with Crippen LogP contribution in [0.2, 0.25) is 0 Å². The Morgan fingerprint density at radius 3 is 2.50 bits per heavy atom. The van der Waals surface area contributed by atoms with Crippen molar-refractivity contribution in [2.24, 2.45) is 0 Å². The standard InChI is InChI=1S/C10H22N2OS/c1-8(2)12-10(13)5-6-11-9(3)7-14-4/h8-9,11H,5-7H2,1-4H3,(H,12,13). The zero-order valence-electron chi connectivity index (χ0n) is 9.59. The molecule has 0 fully saturated rings. The van der Waals surface area contributed by atoms with Gasteiger partial charge in [-0.2, -0.15) is 11.8 Å². The van der Waals surface area contributed by atoms with Crippen LogP contribution in [0.4, 0.5) is 0 Å². The van der Waals surface area contributed by atoms with E-state index in [9.17, 15) is 4.79 Å². The van der Waals surface area contributed by atoms with Crippen LogP contribution in [0, 0.1) is 0 Å². The molecule has 0 heterocycles. The van der Waals surface area contributed by atoms with Crippen LogP contribution in [0.3, 0.4) is 0 Å². The number of thioether (sulfide) groups is 1. The number of carbonyl (C=O) groups excluding carboxylic acids is 1. The summed E-state index contributed by atoms with van der Waals surface area (Å²) in [6, 6.07) is 0.725. The minimum Gasteiger partial charge on any atom is -0.354 e. The van der Waals surface area contributed by atoms with Gasteiger partial charge in [-0.3, -0.25) is 4.79 Å². The smallest absolute Gasteiger partial charge is 0.221 e. The first-order valence-corrected chi connectivity index (χ1v) is 6.47. The third-order valence-electron chi connectivity index (χ3n) is 1.71. The van der Waals surface area contributed by atoms with Gasteiger partial charge in [-0.15, -0.1) is 0 Å². The summed E-state index contributed by atoms with van der Waals surface area (Å²) in [5.41, 5.74) is 0. The molecular weight excluding hydrogens is 196 g/mol. The molecule has 0 spiro atoms. The molecule has 1 amide bonds. The molecule has 1 unspecified atom stereocenters. The van der Waals surface area contributed by atoms with Gasteiger partial charge in [-0.05, 0) is 27.0 Å². The minimum absolute atomic E-state index is 0.129. The summed E-state index contributed by atoms with van der Waals surface area (Å²) >= 11 is 1.82. The third kappa shape index (κ3) is 8.38. The second kappa shape index (κ2) is 8.12. The zero-order chi connectivity index (χ0) is 11.0. The highest BCUT2D eigenvalue weighted by atomic mass is 32.2. The molecule has 0 saturated heterocycles. The van der Waals surface area contributed by atoms with Gasteiger partial charge in [-0.1, -0.05) is 0 Å². The van der Waals surface area contributed by atoms with Crippen LogP contribution < -0.4 is 10.6 Å². The monoisotopic (exact) mass is 218 g/mol. The van der Waals surface area contributed by atoms with Crippen LogP contribution in [0.5, 0.6) is 0 Å². The fourth-order valence-corrected chi connectivity index (χ4v) is 1.75. The van der Waals surface area contributed by atoms with Crippen molar-refractivity contribution in [2.45, 2.75) is 39.3 Å². The Bertz CT molecular complexity index is 162. The zero-order valence-corrected chi connectivity index (χ0v) is 10.4. The van der Waals surface area contributed by atoms with Crippen LogP contribution >= 0.6 is 11.8 Å². The number of hydrogen-bond acceptors (Lipinski definition) is 3. The Kier molecular flexibility index (Phi) is 7.99. The van der Waals surface area contributed by atoms with Gasteiger partial charge in [0.1, 0.15) is 0 Å². The van der Waals surface area contributed by atoms with Crippen molar-refractivity contribution in [1.29, 1.82) is 0 Å². The molecule has 0 saturated carbocycles. The van der Waals surface area contributed by atoms with Crippen molar-refractivity contribution in [3.05, 3.63) is 0 Å². The Morgan fingerprint density at radius 1 is 1.36 bits per heavy atom. The van der Waals surface area contributed by atoms with E-state index in [1.807, 2.05) is 25.6 Å². The van der Waals surface area contributed by atoms with E-state index in [0.717, 1.165) is 12.3 Å². The molecule has 0 aromatic rings. The van der Waals surface area contributed by atoms with Gasteiger partial charge in [-0.25, -0.2) is 0 Å². The maximum absolute atomic E-state index is 11.2. The van der Waals surface area contributed by atoms with Crippen LogP contribution in [-0.4, -0.2) is 36.5 Å². The Hall–Kier alpha value is -0.220. The second-order valence-electron chi connectivity index (χ2n) is 3.78. The predicted octanol–water partition coefficient (Wildman–Crippen LogP) is 1.24. The van der Waals surface area contributed by atoms with Crippen molar-refractivity contribution in [3.63, 3.8) is 0 Å². The molecule has 0 aromatic heterocycles. The topological polar surface area (TPSA) is 41.1 Å². The normalized spacial score (nSPS) is 12.9. The first kappa shape index (κ1) is 13.8. The first-order valence-electron chi connectivity index (χ1n) is 5.08. The van der Waals surface area contributed by atoms with Gasteiger partial charge in [0.05, 0.1) is 0 Å². The molecule has 0 bridgehead atoms. The summed E-state index contributed by atoms with van der Waals surface area (Å²) in [5.74, 6) is 1.22.